The Balaban J connectivity index is 2.60. The molecule has 1 aromatic carbocycles. The Hall–Kier alpha value is -1.06. The zero-order valence-electron chi connectivity index (χ0n) is 10.6. The number of carbonyl (C=O) groups excluding carboxylic acids is 1. The average Bonchev–Trinajstić information content (AvgIpc) is 2.21. The Labute approximate surface area is 107 Å². The lowest BCUT2D eigenvalue weighted by Crippen LogP contribution is -2.27. The number of hydrogen-bond donors (Lipinski definition) is 1. The molecular formula is C13H18ClNO2. The van der Waals surface area contributed by atoms with Crippen LogP contribution in [0.2, 0.25) is 5.02 Å². The second kappa shape index (κ2) is 5.52. The molecule has 0 spiro atoms. The molecule has 1 rings (SSSR count). The molecule has 0 fully saturated rings. The third-order valence-electron chi connectivity index (χ3n) is 2.18. The minimum atomic E-state index is -0.319. The van der Waals surface area contributed by atoms with E-state index in [-0.39, 0.29) is 18.1 Å². The van der Waals surface area contributed by atoms with Gasteiger partial charge in [0.1, 0.15) is 6.61 Å². The second-order valence-electron chi connectivity index (χ2n) is 4.86. The predicted octanol–water partition coefficient (Wildman–Crippen LogP) is 3.40. The van der Waals surface area contributed by atoms with Gasteiger partial charge in [0, 0.05) is 10.7 Å². The summed E-state index contributed by atoms with van der Waals surface area (Å²) < 4.78 is 5.39. The lowest BCUT2D eigenvalue weighted by Gasteiger charge is -2.19. The highest BCUT2D eigenvalue weighted by Crippen LogP contribution is 2.22. The first-order chi connectivity index (χ1) is 7.79. The molecule has 0 atom stereocenters. The monoisotopic (exact) mass is 255 g/mol. The minimum Gasteiger partial charge on any atom is -0.366 e. The van der Waals surface area contributed by atoms with Gasteiger partial charge in [-0.3, -0.25) is 4.79 Å². The number of amides is 1. The third-order valence-corrected chi connectivity index (χ3v) is 2.59. The van der Waals surface area contributed by atoms with Crippen LogP contribution in [0.5, 0.6) is 0 Å². The Morgan fingerprint density at radius 3 is 2.65 bits per heavy atom. The summed E-state index contributed by atoms with van der Waals surface area (Å²) in [6.45, 7) is 7.62. The number of halogens is 1. The van der Waals surface area contributed by atoms with Crippen LogP contribution in [0, 0.1) is 6.92 Å². The number of hydrogen-bond acceptors (Lipinski definition) is 2. The summed E-state index contributed by atoms with van der Waals surface area (Å²) in [6.07, 6.45) is 0. The van der Waals surface area contributed by atoms with Gasteiger partial charge in [0.15, 0.2) is 0 Å². The van der Waals surface area contributed by atoms with Crippen molar-refractivity contribution in [1.29, 1.82) is 0 Å². The molecule has 0 saturated heterocycles. The van der Waals surface area contributed by atoms with Crippen LogP contribution in [0.4, 0.5) is 5.69 Å². The van der Waals surface area contributed by atoms with E-state index < -0.39 is 0 Å². The van der Waals surface area contributed by atoms with Crippen molar-refractivity contribution >= 4 is 23.2 Å². The highest BCUT2D eigenvalue weighted by molar-refractivity contribution is 6.31. The lowest BCUT2D eigenvalue weighted by atomic mass is 10.2. The molecular weight excluding hydrogens is 238 g/mol. The second-order valence-corrected chi connectivity index (χ2v) is 5.27. The average molecular weight is 256 g/mol. The molecule has 1 N–H and O–H groups in total. The Kier molecular flexibility index (Phi) is 4.54. The molecule has 0 unspecified atom stereocenters. The van der Waals surface area contributed by atoms with Crippen LogP contribution in [-0.2, 0) is 9.53 Å². The molecule has 3 nitrogen and oxygen atoms in total. The van der Waals surface area contributed by atoms with E-state index in [9.17, 15) is 4.79 Å². The number of nitrogens with one attached hydrogen (secondary N) is 1. The predicted molar refractivity (Wildman–Crippen MR) is 70.5 cm³/mol. The molecule has 4 heteroatoms. The zero-order chi connectivity index (χ0) is 13.1. The van der Waals surface area contributed by atoms with Crippen LogP contribution in [0.25, 0.3) is 0 Å². The van der Waals surface area contributed by atoms with Crippen molar-refractivity contribution in [3.8, 4) is 0 Å². The molecule has 0 heterocycles. The molecule has 1 aromatic rings. The summed E-state index contributed by atoms with van der Waals surface area (Å²) in [6, 6.07) is 5.41. The number of benzene rings is 1. The van der Waals surface area contributed by atoms with E-state index in [0.29, 0.717) is 5.02 Å². The standard InChI is InChI=1S/C13H18ClNO2/c1-9-10(14)6-5-7-11(9)15-12(16)8-17-13(2,3)4/h5-7H,8H2,1-4H3,(H,15,16). The summed E-state index contributed by atoms with van der Waals surface area (Å²) >= 11 is 5.96. The Bertz CT molecular complexity index is 410. The Morgan fingerprint density at radius 2 is 2.06 bits per heavy atom. The molecule has 0 bridgehead atoms. The number of carbonyl (C=O) groups is 1. The maximum atomic E-state index is 11.6. The molecule has 0 aliphatic heterocycles. The maximum Gasteiger partial charge on any atom is 0.250 e. The fourth-order valence-electron chi connectivity index (χ4n) is 1.21. The number of ether oxygens (including phenoxy) is 1. The molecule has 0 aliphatic carbocycles. The zero-order valence-corrected chi connectivity index (χ0v) is 11.4. The maximum absolute atomic E-state index is 11.6. The minimum absolute atomic E-state index is 0.0372. The van der Waals surface area contributed by atoms with Gasteiger partial charge < -0.3 is 10.1 Å². The van der Waals surface area contributed by atoms with Gasteiger partial charge in [-0.2, -0.15) is 0 Å². The smallest absolute Gasteiger partial charge is 0.250 e. The quantitative estimate of drug-likeness (QED) is 0.899. The van der Waals surface area contributed by atoms with Crippen molar-refractivity contribution in [2.45, 2.75) is 33.3 Å². The molecule has 0 aromatic heterocycles. The molecule has 0 radical (unpaired) electrons. The van der Waals surface area contributed by atoms with Crippen molar-refractivity contribution in [3.63, 3.8) is 0 Å². The highest BCUT2D eigenvalue weighted by atomic mass is 35.5. The van der Waals surface area contributed by atoms with Gasteiger partial charge in [0.05, 0.1) is 5.60 Å². The Morgan fingerprint density at radius 1 is 1.41 bits per heavy atom. The largest absolute Gasteiger partial charge is 0.366 e. The van der Waals surface area contributed by atoms with E-state index in [2.05, 4.69) is 5.32 Å². The molecule has 17 heavy (non-hydrogen) atoms. The molecule has 94 valence electrons. The van der Waals surface area contributed by atoms with Gasteiger partial charge in [-0.05, 0) is 45.4 Å². The van der Waals surface area contributed by atoms with Crippen LogP contribution in [0.1, 0.15) is 26.3 Å². The van der Waals surface area contributed by atoms with Crippen molar-refractivity contribution in [3.05, 3.63) is 28.8 Å². The van der Waals surface area contributed by atoms with Gasteiger partial charge in [-0.15, -0.1) is 0 Å². The van der Waals surface area contributed by atoms with Crippen molar-refractivity contribution in [1.82, 2.24) is 0 Å². The summed E-state index contributed by atoms with van der Waals surface area (Å²) in [5.41, 5.74) is 1.26. The van der Waals surface area contributed by atoms with Crippen LogP contribution >= 0.6 is 11.6 Å². The molecule has 1 amide bonds. The first kappa shape index (κ1) is 14.0. The summed E-state index contributed by atoms with van der Waals surface area (Å²) in [7, 11) is 0. The van der Waals surface area contributed by atoms with Crippen molar-refractivity contribution < 1.29 is 9.53 Å². The van der Waals surface area contributed by atoms with Gasteiger partial charge in [0.2, 0.25) is 5.91 Å². The summed E-state index contributed by atoms with van der Waals surface area (Å²) in [5.74, 6) is -0.176. The summed E-state index contributed by atoms with van der Waals surface area (Å²) in [4.78, 5) is 11.6. The SMILES string of the molecule is Cc1c(Cl)cccc1NC(=O)COC(C)(C)C. The van der Waals surface area contributed by atoms with Gasteiger partial charge >= 0.3 is 0 Å². The van der Waals surface area contributed by atoms with Crippen LogP contribution in [0.15, 0.2) is 18.2 Å². The summed E-state index contributed by atoms with van der Waals surface area (Å²) in [5, 5.41) is 3.41. The van der Waals surface area contributed by atoms with Gasteiger partial charge in [-0.1, -0.05) is 17.7 Å². The van der Waals surface area contributed by atoms with E-state index in [0.717, 1.165) is 11.3 Å². The fourth-order valence-corrected chi connectivity index (χ4v) is 1.39. The van der Waals surface area contributed by atoms with Crippen LogP contribution in [-0.4, -0.2) is 18.1 Å². The van der Waals surface area contributed by atoms with Crippen molar-refractivity contribution in [2.24, 2.45) is 0 Å². The van der Waals surface area contributed by atoms with E-state index in [1.54, 1.807) is 12.1 Å². The van der Waals surface area contributed by atoms with Gasteiger partial charge in [-0.25, -0.2) is 0 Å². The van der Waals surface area contributed by atoms with E-state index in [1.807, 2.05) is 33.8 Å². The lowest BCUT2D eigenvalue weighted by molar-refractivity contribution is -0.125. The van der Waals surface area contributed by atoms with E-state index in [4.69, 9.17) is 16.3 Å². The number of anilines is 1. The third kappa shape index (κ3) is 4.75. The highest BCUT2D eigenvalue weighted by Gasteiger charge is 2.13. The molecule has 0 saturated carbocycles. The van der Waals surface area contributed by atoms with Gasteiger partial charge in [0.25, 0.3) is 0 Å². The van der Waals surface area contributed by atoms with E-state index in [1.165, 1.54) is 0 Å². The normalized spacial score (nSPS) is 11.4. The first-order valence-corrected chi connectivity index (χ1v) is 5.86. The van der Waals surface area contributed by atoms with Crippen molar-refractivity contribution in [2.75, 3.05) is 11.9 Å². The van der Waals surface area contributed by atoms with Crippen LogP contribution < -0.4 is 5.32 Å². The van der Waals surface area contributed by atoms with Crippen LogP contribution in [0.3, 0.4) is 0 Å². The fraction of sp³-hybridized carbons (Fsp3) is 0.462. The number of rotatable bonds is 3. The van der Waals surface area contributed by atoms with E-state index >= 15 is 0 Å². The topological polar surface area (TPSA) is 38.3 Å². The molecule has 0 aliphatic rings. The first-order valence-electron chi connectivity index (χ1n) is 5.48.